The summed E-state index contributed by atoms with van der Waals surface area (Å²) < 4.78 is 0. The van der Waals surface area contributed by atoms with Gasteiger partial charge in [-0.3, -0.25) is 4.79 Å². The van der Waals surface area contributed by atoms with Crippen LogP contribution >= 0.6 is 23.2 Å². The van der Waals surface area contributed by atoms with Crippen LogP contribution in [0.3, 0.4) is 0 Å². The number of rotatable bonds is 0. The molecule has 1 rings (SSSR count). The highest BCUT2D eigenvalue weighted by molar-refractivity contribution is 6.45. The maximum Gasteiger partial charge on any atom is 0.178 e. The van der Waals surface area contributed by atoms with Crippen LogP contribution in [0.1, 0.15) is 6.42 Å². The Morgan fingerprint density at radius 3 is 2.56 bits per heavy atom. The number of carbonyl (C=O) groups is 1. The molecular formula is C6H4Cl2O. The Morgan fingerprint density at radius 1 is 1.44 bits per heavy atom. The molecule has 0 radical (unpaired) electrons. The van der Waals surface area contributed by atoms with E-state index in [2.05, 4.69) is 0 Å². The largest absolute Gasteiger partial charge is 0.293 e. The van der Waals surface area contributed by atoms with Crippen molar-refractivity contribution in [1.82, 2.24) is 0 Å². The molecule has 9 heavy (non-hydrogen) atoms. The first-order valence-corrected chi connectivity index (χ1v) is 3.22. The lowest BCUT2D eigenvalue weighted by atomic mass is 10.2. The molecule has 48 valence electrons. The van der Waals surface area contributed by atoms with Crippen LogP contribution in [0, 0.1) is 0 Å². The standard InChI is InChI=1S/C6H4Cl2O/c7-4-1-2-6(9)5(8)3-4/h1,3H,2H2. The summed E-state index contributed by atoms with van der Waals surface area (Å²) in [6, 6.07) is 0. The minimum absolute atomic E-state index is 0.0685. The SMILES string of the molecule is O=C1CC=C(Cl)C=C1Cl. The maximum atomic E-state index is 10.6. The van der Waals surface area contributed by atoms with Gasteiger partial charge in [-0.1, -0.05) is 29.3 Å². The molecule has 0 amide bonds. The van der Waals surface area contributed by atoms with Crippen LogP contribution in [0.4, 0.5) is 0 Å². The molecular weight excluding hydrogens is 159 g/mol. The van der Waals surface area contributed by atoms with E-state index in [1.54, 1.807) is 6.08 Å². The van der Waals surface area contributed by atoms with Crippen LogP contribution in [0.2, 0.25) is 0 Å². The summed E-state index contributed by atoms with van der Waals surface area (Å²) in [6.07, 6.45) is 3.42. The summed E-state index contributed by atoms with van der Waals surface area (Å²) in [5, 5.41) is 0.766. The van der Waals surface area contributed by atoms with Crippen LogP contribution in [0.5, 0.6) is 0 Å². The van der Waals surface area contributed by atoms with E-state index in [-0.39, 0.29) is 10.8 Å². The summed E-state index contributed by atoms with van der Waals surface area (Å²) in [7, 11) is 0. The van der Waals surface area contributed by atoms with Crippen molar-refractivity contribution in [1.29, 1.82) is 0 Å². The Bertz CT molecular complexity index is 203. The molecule has 0 aromatic carbocycles. The smallest absolute Gasteiger partial charge is 0.178 e. The Labute approximate surface area is 62.9 Å². The average Bonchev–Trinajstić information content (AvgIpc) is 1.80. The Hall–Kier alpha value is -0.270. The first kappa shape index (κ1) is 6.84. The summed E-state index contributed by atoms with van der Waals surface area (Å²) >= 11 is 11.0. The van der Waals surface area contributed by atoms with E-state index >= 15 is 0 Å². The van der Waals surface area contributed by atoms with Crippen LogP contribution in [-0.4, -0.2) is 5.78 Å². The molecule has 0 bridgehead atoms. The van der Waals surface area contributed by atoms with E-state index in [1.807, 2.05) is 0 Å². The number of carbonyl (C=O) groups excluding carboxylic acids is 1. The molecule has 0 atom stereocenters. The summed E-state index contributed by atoms with van der Waals surface area (Å²) in [5.41, 5.74) is 0. The molecule has 0 saturated carbocycles. The van der Waals surface area contributed by atoms with Gasteiger partial charge in [0.25, 0.3) is 0 Å². The van der Waals surface area contributed by atoms with Gasteiger partial charge in [-0.15, -0.1) is 0 Å². The number of halogens is 2. The van der Waals surface area contributed by atoms with E-state index in [1.165, 1.54) is 6.08 Å². The quantitative estimate of drug-likeness (QED) is 0.534. The molecule has 1 aliphatic rings. The molecule has 0 unspecified atom stereocenters. The van der Waals surface area contributed by atoms with Gasteiger partial charge < -0.3 is 0 Å². The van der Waals surface area contributed by atoms with E-state index in [4.69, 9.17) is 23.2 Å². The molecule has 1 aliphatic carbocycles. The fourth-order valence-corrected chi connectivity index (χ4v) is 0.985. The van der Waals surface area contributed by atoms with E-state index in [0.29, 0.717) is 11.5 Å². The van der Waals surface area contributed by atoms with Crippen LogP contribution < -0.4 is 0 Å². The predicted octanol–water partition coefficient (Wildman–Crippen LogP) is 2.20. The van der Waals surface area contributed by atoms with Gasteiger partial charge in [-0.05, 0) is 6.08 Å². The molecule has 0 aromatic heterocycles. The lowest BCUT2D eigenvalue weighted by Gasteiger charge is -2.00. The third-order valence-corrected chi connectivity index (χ3v) is 1.60. The highest BCUT2D eigenvalue weighted by Gasteiger charge is 2.09. The van der Waals surface area contributed by atoms with Crippen molar-refractivity contribution in [2.45, 2.75) is 6.42 Å². The highest BCUT2D eigenvalue weighted by Crippen LogP contribution is 2.19. The molecule has 3 heteroatoms. The molecule has 0 saturated heterocycles. The van der Waals surface area contributed by atoms with E-state index < -0.39 is 0 Å². The lowest BCUT2D eigenvalue weighted by Crippen LogP contribution is -1.99. The van der Waals surface area contributed by atoms with Crippen molar-refractivity contribution in [2.75, 3.05) is 0 Å². The molecule has 0 aliphatic heterocycles. The number of Topliss-reactive ketones (excluding diaryl/α,β-unsaturated/α-hetero) is 1. The average molecular weight is 163 g/mol. The van der Waals surface area contributed by atoms with Crippen LogP contribution in [-0.2, 0) is 4.79 Å². The van der Waals surface area contributed by atoms with Gasteiger partial charge in [-0.25, -0.2) is 0 Å². The molecule has 0 heterocycles. The normalized spacial score (nSPS) is 19.1. The van der Waals surface area contributed by atoms with Crippen molar-refractivity contribution in [3.05, 3.63) is 22.2 Å². The number of ketones is 1. The summed E-state index contributed by atoms with van der Waals surface area (Å²) in [6.45, 7) is 0. The molecule has 0 fully saturated rings. The Kier molecular flexibility index (Phi) is 1.94. The number of allylic oxidation sites excluding steroid dienone is 4. The van der Waals surface area contributed by atoms with Gasteiger partial charge in [-0.2, -0.15) is 0 Å². The van der Waals surface area contributed by atoms with Gasteiger partial charge in [0.05, 0.1) is 5.03 Å². The minimum Gasteiger partial charge on any atom is -0.293 e. The monoisotopic (exact) mass is 162 g/mol. The van der Waals surface area contributed by atoms with Gasteiger partial charge in [0, 0.05) is 11.5 Å². The third kappa shape index (κ3) is 1.57. The van der Waals surface area contributed by atoms with Crippen LogP contribution in [0.15, 0.2) is 22.2 Å². The summed E-state index contributed by atoms with van der Waals surface area (Å²) in [5.74, 6) is -0.0685. The highest BCUT2D eigenvalue weighted by atomic mass is 35.5. The molecule has 1 nitrogen and oxygen atoms in total. The predicted molar refractivity (Wildman–Crippen MR) is 37.5 cm³/mol. The van der Waals surface area contributed by atoms with Crippen LogP contribution in [0.25, 0.3) is 0 Å². The van der Waals surface area contributed by atoms with Gasteiger partial charge in [0.15, 0.2) is 5.78 Å². The van der Waals surface area contributed by atoms with E-state index in [9.17, 15) is 4.79 Å². The third-order valence-electron chi connectivity index (χ3n) is 1.01. The summed E-state index contributed by atoms with van der Waals surface area (Å²) in [4.78, 5) is 10.6. The van der Waals surface area contributed by atoms with Crippen molar-refractivity contribution < 1.29 is 4.79 Å². The Morgan fingerprint density at radius 2 is 2.11 bits per heavy atom. The second kappa shape index (κ2) is 2.54. The van der Waals surface area contributed by atoms with Crippen molar-refractivity contribution in [3.8, 4) is 0 Å². The Balaban J connectivity index is 2.87. The fourth-order valence-electron chi connectivity index (χ4n) is 0.548. The molecule has 0 aromatic rings. The van der Waals surface area contributed by atoms with Gasteiger partial charge in [0.1, 0.15) is 0 Å². The molecule has 0 spiro atoms. The second-order valence-electron chi connectivity index (χ2n) is 1.71. The van der Waals surface area contributed by atoms with Gasteiger partial charge >= 0.3 is 0 Å². The first-order valence-electron chi connectivity index (χ1n) is 2.46. The fraction of sp³-hybridized carbons (Fsp3) is 0.167. The topological polar surface area (TPSA) is 17.1 Å². The maximum absolute atomic E-state index is 10.6. The zero-order valence-corrected chi connectivity index (χ0v) is 6.04. The van der Waals surface area contributed by atoms with Crippen molar-refractivity contribution in [2.24, 2.45) is 0 Å². The first-order chi connectivity index (χ1) is 4.20. The molecule has 0 N–H and O–H groups in total. The minimum atomic E-state index is -0.0685. The zero-order chi connectivity index (χ0) is 6.85. The van der Waals surface area contributed by atoms with E-state index in [0.717, 1.165) is 0 Å². The van der Waals surface area contributed by atoms with Crippen molar-refractivity contribution >= 4 is 29.0 Å². The van der Waals surface area contributed by atoms with Crippen molar-refractivity contribution in [3.63, 3.8) is 0 Å². The van der Waals surface area contributed by atoms with Gasteiger partial charge in [0.2, 0.25) is 0 Å². The number of hydrogen-bond acceptors (Lipinski definition) is 1. The lowest BCUT2D eigenvalue weighted by molar-refractivity contribution is -0.114. The zero-order valence-electron chi connectivity index (χ0n) is 4.53. The number of hydrogen-bond donors (Lipinski definition) is 0. The second-order valence-corrected chi connectivity index (χ2v) is 2.55.